The van der Waals surface area contributed by atoms with Crippen molar-refractivity contribution in [1.82, 2.24) is 5.32 Å². The Morgan fingerprint density at radius 2 is 2.00 bits per heavy atom. The molecule has 0 saturated heterocycles. The van der Waals surface area contributed by atoms with Crippen molar-refractivity contribution in [2.24, 2.45) is 0 Å². The SMILES string of the molecule is Cc1ccccc1CNCc1ccc2c(c1)CCO2. The first-order chi connectivity index (χ1) is 9.33. The summed E-state index contributed by atoms with van der Waals surface area (Å²) in [6.45, 7) is 4.81. The second kappa shape index (κ2) is 5.45. The Morgan fingerprint density at radius 3 is 2.89 bits per heavy atom. The standard InChI is InChI=1S/C17H19NO/c1-13-4-2-3-5-16(13)12-18-11-14-6-7-17-15(10-14)8-9-19-17/h2-7,10,18H,8-9,11-12H2,1H3. The maximum atomic E-state index is 5.52. The number of rotatable bonds is 4. The predicted octanol–water partition coefficient (Wildman–Crippen LogP) is 3.22. The van der Waals surface area contributed by atoms with Gasteiger partial charge in [0, 0.05) is 19.5 Å². The van der Waals surface area contributed by atoms with Gasteiger partial charge in [0.15, 0.2) is 0 Å². The lowest BCUT2D eigenvalue weighted by Crippen LogP contribution is -2.13. The van der Waals surface area contributed by atoms with Crippen LogP contribution in [0.3, 0.4) is 0 Å². The molecule has 0 radical (unpaired) electrons. The Hall–Kier alpha value is -1.80. The average Bonchev–Trinajstić information content (AvgIpc) is 2.88. The summed E-state index contributed by atoms with van der Waals surface area (Å²) in [6, 6.07) is 15.0. The van der Waals surface area contributed by atoms with Gasteiger partial charge in [-0.25, -0.2) is 0 Å². The molecule has 2 heteroatoms. The fourth-order valence-electron chi connectivity index (χ4n) is 2.50. The van der Waals surface area contributed by atoms with Crippen molar-refractivity contribution in [3.63, 3.8) is 0 Å². The van der Waals surface area contributed by atoms with Crippen LogP contribution >= 0.6 is 0 Å². The normalized spacial score (nSPS) is 13.1. The van der Waals surface area contributed by atoms with Gasteiger partial charge >= 0.3 is 0 Å². The van der Waals surface area contributed by atoms with Crippen LogP contribution in [0.2, 0.25) is 0 Å². The molecule has 1 aliphatic rings. The Balaban J connectivity index is 1.59. The van der Waals surface area contributed by atoms with E-state index in [-0.39, 0.29) is 0 Å². The summed E-state index contributed by atoms with van der Waals surface area (Å²) in [5.41, 5.74) is 5.39. The fraction of sp³-hybridized carbons (Fsp3) is 0.294. The van der Waals surface area contributed by atoms with Crippen molar-refractivity contribution < 1.29 is 4.74 Å². The Labute approximate surface area is 114 Å². The van der Waals surface area contributed by atoms with E-state index in [1.54, 1.807) is 0 Å². The summed E-state index contributed by atoms with van der Waals surface area (Å²) in [5, 5.41) is 3.51. The van der Waals surface area contributed by atoms with E-state index in [2.05, 4.69) is 54.7 Å². The van der Waals surface area contributed by atoms with Crippen molar-refractivity contribution in [3.8, 4) is 5.75 Å². The third-order valence-electron chi connectivity index (χ3n) is 3.66. The first-order valence-electron chi connectivity index (χ1n) is 6.83. The molecule has 1 N–H and O–H groups in total. The highest BCUT2D eigenvalue weighted by atomic mass is 16.5. The molecule has 0 unspecified atom stereocenters. The molecule has 19 heavy (non-hydrogen) atoms. The quantitative estimate of drug-likeness (QED) is 0.903. The minimum absolute atomic E-state index is 0.829. The van der Waals surface area contributed by atoms with Gasteiger partial charge in [0.25, 0.3) is 0 Å². The van der Waals surface area contributed by atoms with Gasteiger partial charge in [-0.15, -0.1) is 0 Å². The lowest BCUT2D eigenvalue weighted by Gasteiger charge is -2.08. The first-order valence-corrected chi connectivity index (χ1v) is 6.83. The lowest BCUT2D eigenvalue weighted by atomic mass is 10.1. The molecule has 1 aliphatic heterocycles. The molecule has 0 aromatic heterocycles. The van der Waals surface area contributed by atoms with Gasteiger partial charge in [-0.3, -0.25) is 0 Å². The summed E-state index contributed by atoms with van der Waals surface area (Å²) in [7, 11) is 0. The summed E-state index contributed by atoms with van der Waals surface area (Å²) in [6.07, 6.45) is 1.04. The largest absolute Gasteiger partial charge is 0.493 e. The van der Waals surface area contributed by atoms with Crippen LogP contribution in [-0.4, -0.2) is 6.61 Å². The molecule has 0 bridgehead atoms. The molecule has 2 nitrogen and oxygen atoms in total. The molecule has 98 valence electrons. The van der Waals surface area contributed by atoms with Gasteiger partial charge < -0.3 is 10.1 Å². The highest BCUT2D eigenvalue weighted by Gasteiger charge is 2.11. The zero-order chi connectivity index (χ0) is 13.1. The second-order valence-electron chi connectivity index (χ2n) is 5.07. The maximum Gasteiger partial charge on any atom is 0.122 e. The van der Waals surface area contributed by atoms with Crippen molar-refractivity contribution in [2.45, 2.75) is 26.4 Å². The molecule has 0 fully saturated rings. The molecule has 2 aromatic carbocycles. The third kappa shape index (κ3) is 2.79. The van der Waals surface area contributed by atoms with Gasteiger partial charge in [0.1, 0.15) is 5.75 Å². The Morgan fingerprint density at radius 1 is 1.11 bits per heavy atom. The van der Waals surface area contributed by atoms with Crippen LogP contribution < -0.4 is 10.1 Å². The van der Waals surface area contributed by atoms with Crippen LogP contribution in [-0.2, 0) is 19.5 Å². The van der Waals surface area contributed by atoms with Crippen LogP contribution in [0.4, 0.5) is 0 Å². The number of ether oxygens (including phenoxy) is 1. The van der Waals surface area contributed by atoms with Crippen molar-refractivity contribution >= 4 is 0 Å². The molecule has 0 aliphatic carbocycles. The van der Waals surface area contributed by atoms with Gasteiger partial charge in [-0.2, -0.15) is 0 Å². The smallest absolute Gasteiger partial charge is 0.122 e. The Bertz CT molecular complexity index is 577. The van der Waals surface area contributed by atoms with E-state index in [0.717, 1.165) is 31.9 Å². The molecule has 0 spiro atoms. The molecule has 2 aromatic rings. The summed E-state index contributed by atoms with van der Waals surface area (Å²) < 4.78 is 5.52. The van der Waals surface area contributed by atoms with Gasteiger partial charge in [0.2, 0.25) is 0 Å². The summed E-state index contributed by atoms with van der Waals surface area (Å²) >= 11 is 0. The molecular weight excluding hydrogens is 234 g/mol. The van der Waals surface area contributed by atoms with Crippen LogP contribution in [0.15, 0.2) is 42.5 Å². The monoisotopic (exact) mass is 253 g/mol. The van der Waals surface area contributed by atoms with Crippen LogP contribution in [0.5, 0.6) is 5.75 Å². The number of benzene rings is 2. The minimum Gasteiger partial charge on any atom is -0.493 e. The molecular formula is C17H19NO. The van der Waals surface area contributed by atoms with E-state index in [1.165, 1.54) is 22.3 Å². The van der Waals surface area contributed by atoms with E-state index >= 15 is 0 Å². The number of nitrogens with one attached hydrogen (secondary N) is 1. The molecule has 0 saturated carbocycles. The van der Waals surface area contributed by atoms with Crippen LogP contribution in [0.1, 0.15) is 22.3 Å². The number of hydrogen-bond acceptors (Lipinski definition) is 2. The predicted molar refractivity (Wildman–Crippen MR) is 77.4 cm³/mol. The van der Waals surface area contributed by atoms with Crippen molar-refractivity contribution in [1.29, 1.82) is 0 Å². The third-order valence-corrected chi connectivity index (χ3v) is 3.66. The van der Waals surface area contributed by atoms with Gasteiger partial charge in [0.05, 0.1) is 6.61 Å². The molecule has 1 heterocycles. The maximum absolute atomic E-state index is 5.52. The zero-order valence-corrected chi connectivity index (χ0v) is 11.3. The number of aryl methyl sites for hydroxylation is 1. The topological polar surface area (TPSA) is 21.3 Å². The van der Waals surface area contributed by atoms with Crippen molar-refractivity contribution in [2.75, 3.05) is 6.61 Å². The van der Waals surface area contributed by atoms with E-state index in [0.29, 0.717) is 0 Å². The fourth-order valence-corrected chi connectivity index (χ4v) is 2.50. The van der Waals surface area contributed by atoms with Crippen molar-refractivity contribution in [3.05, 3.63) is 64.7 Å². The van der Waals surface area contributed by atoms with E-state index in [4.69, 9.17) is 4.74 Å². The minimum atomic E-state index is 0.829. The Kier molecular flexibility index (Phi) is 3.51. The molecule has 3 rings (SSSR count). The van der Waals surface area contributed by atoms with Gasteiger partial charge in [-0.05, 0) is 35.2 Å². The van der Waals surface area contributed by atoms with Crippen LogP contribution in [0, 0.1) is 6.92 Å². The number of fused-ring (bicyclic) bond motifs is 1. The lowest BCUT2D eigenvalue weighted by molar-refractivity contribution is 0.357. The summed E-state index contributed by atoms with van der Waals surface area (Å²) in [5.74, 6) is 1.06. The molecule has 0 amide bonds. The average molecular weight is 253 g/mol. The highest BCUT2D eigenvalue weighted by Crippen LogP contribution is 2.25. The molecule has 0 atom stereocenters. The summed E-state index contributed by atoms with van der Waals surface area (Å²) in [4.78, 5) is 0. The zero-order valence-electron chi connectivity index (χ0n) is 11.3. The first kappa shape index (κ1) is 12.2. The van der Waals surface area contributed by atoms with E-state index in [9.17, 15) is 0 Å². The van der Waals surface area contributed by atoms with Gasteiger partial charge in [-0.1, -0.05) is 36.4 Å². The second-order valence-corrected chi connectivity index (χ2v) is 5.07. The van der Waals surface area contributed by atoms with E-state index in [1.807, 2.05) is 0 Å². The number of hydrogen-bond donors (Lipinski definition) is 1. The van der Waals surface area contributed by atoms with E-state index < -0.39 is 0 Å². The highest BCUT2D eigenvalue weighted by molar-refractivity contribution is 5.39. The van der Waals surface area contributed by atoms with Crippen LogP contribution in [0.25, 0.3) is 0 Å².